The molecule has 19 heavy (non-hydrogen) atoms. The fraction of sp³-hybridized carbons (Fsp3) is 0.562. The number of hydrogen-bond donors (Lipinski definition) is 1. The Labute approximate surface area is 115 Å². The number of ether oxygens (including phenoxy) is 1. The lowest BCUT2D eigenvalue weighted by atomic mass is 9.93. The number of ketones is 1. The second-order valence-electron chi connectivity index (χ2n) is 5.48. The van der Waals surface area contributed by atoms with E-state index in [4.69, 9.17) is 4.74 Å². The molecule has 1 aliphatic heterocycles. The SMILES string of the molecule is COc1cc(C(C)C)ccc1C(=O)C1CCCCN1. The Morgan fingerprint density at radius 1 is 1.37 bits per heavy atom. The molecule has 104 valence electrons. The second-order valence-corrected chi connectivity index (χ2v) is 5.48. The number of benzene rings is 1. The average Bonchev–Trinajstić information content (AvgIpc) is 2.46. The van der Waals surface area contributed by atoms with Crippen molar-refractivity contribution in [2.24, 2.45) is 0 Å². The van der Waals surface area contributed by atoms with Crippen LogP contribution in [-0.4, -0.2) is 25.5 Å². The molecule has 0 radical (unpaired) electrons. The van der Waals surface area contributed by atoms with Crippen molar-refractivity contribution in [3.8, 4) is 5.75 Å². The highest BCUT2D eigenvalue weighted by Gasteiger charge is 2.24. The number of nitrogens with one attached hydrogen (secondary N) is 1. The summed E-state index contributed by atoms with van der Waals surface area (Å²) in [5.74, 6) is 1.29. The van der Waals surface area contributed by atoms with Crippen LogP contribution in [0.25, 0.3) is 0 Å². The topological polar surface area (TPSA) is 38.3 Å². The number of piperidine rings is 1. The van der Waals surface area contributed by atoms with Crippen molar-refractivity contribution in [1.82, 2.24) is 5.32 Å². The molecule has 0 bridgehead atoms. The molecule has 1 aliphatic rings. The maximum atomic E-state index is 12.5. The summed E-state index contributed by atoms with van der Waals surface area (Å²) in [5, 5.41) is 3.30. The molecular formula is C16H23NO2. The van der Waals surface area contributed by atoms with E-state index in [1.165, 1.54) is 5.56 Å². The quantitative estimate of drug-likeness (QED) is 0.846. The highest BCUT2D eigenvalue weighted by Crippen LogP contribution is 2.26. The van der Waals surface area contributed by atoms with Crippen molar-refractivity contribution in [3.63, 3.8) is 0 Å². The van der Waals surface area contributed by atoms with E-state index in [-0.39, 0.29) is 11.8 Å². The predicted molar refractivity (Wildman–Crippen MR) is 77.1 cm³/mol. The molecule has 3 heteroatoms. The Morgan fingerprint density at radius 3 is 2.74 bits per heavy atom. The minimum atomic E-state index is -0.0486. The highest BCUT2D eigenvalue weighted by atomic mass is 16.5. The number of carbonyl (C=O) groups is 1. The van der Waals surface area contributed by atoms with Crippen molar-refractivity contribution in [2.75, 3.05) is 13.7 Å². The smallest absolute Gasteiger partial charge is 0.183 e. The Morgan fingerprint density at radius 2 is 2.16 bits per heavy atom. The third-order valence-electron chi connectivity index (χ3n) is 3.78. The summed E-state index contributed by atoms with van der Waals surface area (Å²) < 4.78 is 5.40. The fourth-order valence-corrected chi connectivity index (χ4v) is 2.53. The zero-order chi connectivity index (χ0) is 13.8. The normalized spacial score (nSPS) is 19.5. The van der Waals surface area contributed by atoms with Gasteiger partial charge in [-0.3, -0.25) is 4.79 Å². The second kappa shape index (κ2) is 6.20. The van der Waals surface area contributed by atoms with Gasteiger partial charge >= 0.3 is 0 Å². The molecule has 0 spiro atoms. The Kier molecular flexibility index (Phi) is 4.59. The molecule has 3 nitrogen and oxygen atoms in total. The number of rotatable bonds is 4. The van der Waals surface area contributed by atoms with E-state index in [0.29, 0.717) is 17.2 Å². The number of Topliss-reactive ketones (excluding diaryl/α,β-unsaturated/α-hetero) is 1. The Balaban J connectivity index is 2.25. The first kappa shape index (κ1) is 14.1. The first-order valence-corrected chi connectivity index (χ1v) is 7.09. The van der Waals surface area contributed by atoms with Crippen molar-refractivity contribution >= 4 is 5.78 Å². The van der Waals surface area contributed by atoms with Gasteiger partial charge in [-0.1, -0.05) is 26.3 Å². The molecule has 2 rings (SSSR count). The number of methoxy groups -OCH3 is 1. The third kappa shape index (κ3) is 3.16. The van der Waals surface area contributed by atoms with Crippen LogP contribution in [0.15, 0.2) is 18.2 Å². The van der Waals surface area contributed by atoms with E-state index in [1.807, 2.05) is 18.2 Å². The van der Waals surface area contributed by atoms with Gasteiger partial charge in [0, 0.05) is 0 Å². The molecule has 0 aromatic heterocycles. The van der Waals surface area contributed by atoms with Crippen LogP contribution in [0.5, 0.6) is 5.75 Å². The van der Waals surface area contributed by atoms with Gasteiger partial charge in [0.05, 0.1) is 18.7 Å². The van der Waals surface area contributed by atoms with Gasteiger partial charge in [0.1, 0.15) is 5.75 Å². The lowest BCUT2D eigenvalue weighted by Gasteiger charge is -2.23. The van der Waals surface area contributed by atoms with Gasteiger partial charge in [0.25, 0.3) is 0 Å². The molecule has 1 atom stereocenters. The molecule has 1 heterocycles. The van der Waals surface area contributed by atoms with E-state index < -0.39 is 0 Å². The van der Waals surface area contributed by atoms with Crippen LogP contribution in [0.1, 0.15) is 54.9 Å². The van der Waals surface area contributed by atoms with Crippen LogP contribution in [-0.2, 0) is 0 Å². The van der Waals surface area contributed by atoms with Crippen molar-refractivity contribution < 1.29 is 9.53 Å². The molecule has 1 unspecified atom stereocenters. The summed E-state index contributed by atoms with van der Waals surface area (Å²) in [5.41, 5.74) is 1.90. The zero-order valence-corrected chi connectivity index (χ0v) is 12.0. The van der Waals surface area contributed by atoms with Crippen molar-refractivity contribution in [3.05, 3.63) is 29.3 Å². The summed E-state index contributed by atoms with van der Waals surface area (Å²) in [6, 6.07) is 5.88. The first-order valence-electron chi connectivity index (χ1n) is 7.09. The van der Waals surface area contributed by atoms with Crippen LogP contribution in [0, 0.1) is 0 Å². The van der Waals surface area contributed by atoms with Crippen LogP contribution in [0.4, 0.5) is 0 Å². The van der Waals surface area contributed by atoms with Crippen LogP contribution in [0.2, 0.25) is 0 Å². The minimum absolute atomic E-state index is 0.0486. The molecule has 0 aliphatic carbocycles. The molecule has 1 aromatic rings. The van der Waals surface area contributed by atoms with Gasteiger partial charge in [-0.05, 0) is 43.0 Å². The van der Waals surface area contributed by atoms with Crippen molar-refractivity contribution in [2.45, 2.75) is 45.1 Å². The van der Waals surface area contributed by atoms with Gasteiger partial charge < -0.3 is 10.1 Å². The van der Waals surface area contributed by atoms with Crippen LogP contribution in [0.3, 0.4) is 0 Å². The molecule has 0 amide bonds. The van der Waals surface area contributed by atoms with Gasteiger partial charge in [-0.2, -0.15) is 0 Å². The molecule has 0 saturated carbocycles. The summed E-state index contributed by atoms with van der Waals surface area (Å²) in [4.78, 5) is 12.5. The van der Waals surface area contributed by atoms with E-state index in [1.54, 1.807) is 7.11 Å². The van der Waals surface area contributed by atoms with Gasteiger partial charge in [-0.25, -0.2) is 0 Å². The first-order chi connectivity index (χ1) is 9.13. The summed E-state index contributed by atoms with van der Waals surface area (Å²) >= 11 is 0. The minimum Gasteiger partial charge on any atom is -0.496 e. The molecular weight excluding hydrogens is 238 g/mol. The standard InChI is InChI=1S/C16H23NO2/c1-11(2)12-7-8-13(15(10-12)19-3)16(18)14-6-4-5-9-17-14/h7-8,10-11,14,17H,4-6,9H2,1-3H3. The zero-order valence-electron chi connectivity index (χ0n) is 12.0. The molecule has 1 N–H and O–H groups in total. The maximum absolute atomic E-state index is 12.5. The Hall–Kier alpha value is -1.35. The molecule has 1 aromatic carbocycles. The summed E-state index contributed by atoms with van der Waals surface area (Å²) in [6.07, 6.45) is 3.21. The number of hydrogen-bond acceptors (Lipinski definition) is 3. The lowest BCUT2D eigenvalue weighted by Crippen LogP contribution is -2.40. The monoisotopic (exact) mass is 261 g/mol. The summed E-state index contributed by atoms with van der Waals surface area (Å²) in [7, 11) is 1.63. The molecule has 1 fully saturated rings. The van der Waals surface area contributed by atoms with Crippen LogP contribution >= 0.6 is 0 Å². The van der Waals surface area contributed by atoms with Gasteiger partial charge in [-0.15, -0.1) is 0 Å². The van der Waals surface area contributed by atoms with E-state index in [9.17, 15) is 4.79 Å². The number of carbonyl (C=O) groups excluding carboxylic acids is 1. The predicted octanol–water partition coefficient (Wildman–Crippen LogP) is 3.14. The third-order valence-corrected chi connectivity index (χ3v) is 3.78. The highest BCUT2D eigenvalue weighted by molar-refractivity contribution is 6.02. The van der Waals surface area contributed by atoms with Crippen LogP contribution < -0.4 is 10.1 Å². The molecule has 1 saturated heterocycles. The maximum Gasteiger partial charge on any atom is 0.183 e. The fourth-order valence-electron chi connectivity index (χ4n) is 2.53. The van der Waals surface area contributed by atoms with E-state index in [0.717, 1.165) is 25.8 Å². The lowest BCUT2D eigenvalue weighted by molar-refractivity contribution is 0.0924. The largest absolute Gasteiger partial charge is 0.496 e. The van der Waals surface area contributed by atoms with Gasteiger partial charge in [0.2, 0.25) is 0 Å². The van der Waals surface area contributed by atoms with E-state index in [2.05, 4.69) is 19.2 Å². The summed E-state index contributed by atoms with van der Waals surface area (Å²) in [6.45, 7) is 5.21. The van der Waals surface area contributed by atoms with Crippen molar-refractivity contribution in [1.29, 1.82) is 0 Å². The van der Waals surface area contributed by atoms with E-state index >= 15 is 0 Å². The Bertz CT molecular complexity index is 448. The average molecular weight is 261 g/mol. The van der Waals surface area contributed by atoms with Gasteiger partial charge in [0.15, 0.2) is 5.78 Å².